The van der Waals surface area contributed by atoms with E-state index in [0.29, 0.717) is 6.42 Å². The van der Waals surface area contributed by atoms with Crippen LogP contribution in [0.4, 0.5) is 0 Å². The van der Waals surface area contributed by atoms with Gasteiger partial charge in [0.1, 0.15) is 24.8 Å². The second kappa shape index (κ2) is 48.0. The van der Waals surface area contributed by atoms with Crippen molar-refractivity contribution in [3.05, 3.63) is 0 Å². The molecule has 0 radical (unpaired) electrons. The lowest BCUT2D eigenvalue weighted by Crippen LogP contribution is -2.58. The fourth-order valence-electron chi connectivity index (χ4n) is 8.19. The largest absolute Gasteiger partial charge is 0.481 e. The molecule has 0 aromatic rings. The van der Waals surface area contributed by atoms with Gasteiger partial charge >= 0.3 is 29.8 Å². The number of rotatable bonds is 52. The Morgan fingerprint density at radius 2 is 0.833 bits per heavy atom. The van der Waals surface area contributed by atoms with Gasteiger partial charge in [-0.05, 0) is 25.7 Å². The van der Waals surface area contributed by atoms with Crippen LogP contribution in [0, 0.1) is 0 Å². The molecule has 0 saturated heterocycles. The second-order valence-corrected chi connectivity index (χ2v) is 20.5. The molecule has 2 unspecified atom stereocenters. The Balaban J connectivity index is 4.95. The number of carboxylic acids is 3. The standard InChI is InChI=1S/C54H98N4O13S/c1-3-5-7-9-11-13-15-17-19-21-23-25-27-29-31-33-49(64)70-41-43(71-50(65)34-32-30-28-26-24-22-20-18-16-14-12-10-8-6-4-2)42-72-40-39-46(59)58-51(55)53(67)56-44(35-37-47(60)61)52(66)57-45(54(68)69)36-38-48(62)63/h43-45,51H,3-42,55H2,1-2H3,(H,56,67)(H,57,66)(H,58,59)(H,60,61)(H,62,63)(H,68,69)/t43-,44?,45?,51-/m1/s1. The van der Waals surface area contributed by atoms with Crippen molar-refractivity contribution < 1.29 is 63.1 Å². The van der Waals surface area contributed by atoms with E-state index in [0.717, 1.165) is 44.9 Å². The molecule has 18 heteroatoms. The Kier molecular flexibility index (Phi) is 45.4. The first-order valence-corrected chi connectivity index (χ1v) is 29.1. The highest BCUT2D eigenvalue weighted by Gasteiger charge is 2.29. The van der Waals surface area contributed by atoms with Gasteiger partial charge in [-0.15, -0.1) is 0 Å². The van der Waals surface area contributed by atoms with E-state index in [-0.39, 0.29) is 49.3 Å². The molecule has 0 aromatic carbocycles. The summed E-state index contributed by atoms with van der Waals surface area (Å²) in [6.07, 6.45) is 32.5. The van der Waals surface area contributed by atoms with E-state index in [1.165, 1.54) is 153 Å². The summed E-state index contributed by atoms with van der Waals surface area (Å²) in [5.74, 6) is -7.15. The number of amides is 3. The van der Waals surface area contributed by atoms with Gasteiger partial charge < -0.3 is 46.5 Å². The second-order valence-electron chi connectivity index (χ2n) is 19.4. The third-order valence-electron chi connectivity index (χ3n) is 12.6. The molecule has 72 heavy (non-hydrogen) atoms. The van der Waals surface area contributed by atoms with Crippen LogP contribution in [0.3, 0.4) is 0 Å². The fourth-order valence-corrected chi connectivity index (χ4v) is 9.11. The molecule has 0 saturated carbocycles. The summed E-state index contributed by atoms with van der Waals surface area (Å²) in [6.45, 7) is 4.37. The van der Waals surface area contributed by atoms with Crippen molar-refractivity contribution in [2.75, 3.05) is 18.1 Å². The SMILES string of the molecule is CCCCCCCCCCCCCCCCCC(=O)OC[C@H](CSCCC(=O)N[C@@H](N)C(=O)NC(CCC(=O)O)C(=O)NC(CCC(=O)O)C(=O)O)OC(=O)CCCCCCCCCCCCCCCCC. The minimum atomic E-state index is -1.66. The first kappa shape index (κ1) is 68.1. The van der Waals surface area contributed by atoms with Crippen LogP contribution in [0.25, 0.3) is 0 Å². The third-order valence-corrected chi connectivity index (χ3v) is 13.7. The van der Waals surface area contributed by atoms with Crippen LogP contribution in [-0.4, -0.2) is 105 Å². The van der Waals surface area contributed by atoms with Gasteiger partial charge in [-0.3, -0.25) is 33.6 Å². The molecule has 0 aliphatic heterocycles. The maximum absolute atomic E-state index is 12.9. The van der Waals surface area contributed by atoms with Crippen molar-refractivity contribution in [2.24, 2.45) is 5.73 Å². The number of carbonyl (C=O) groups is 8. The number of thioether (sulfide) groups is 1. The molecule has 0 aromatic heterocycles. The van der Waals surface area contributed by atoms with E-state index in [1.807, 2.05) is 0 Å². The van der Waals surface area contributed by atoms with Gasteiger partial charge in [0.05, 0.1) is 0 Å². The molecule has 0 aliphatic carbocycles. The highest BCUT2D eigenvalue weighted by Crippen LogP contribution is 2.17. The maximum atomic E-state index is 12.9. The average molecular weight is 1040 g/mol. The van der Waals surface area contributed by atoms with Gasteiger partial charge in [0.15, 0.2) is 6.17 Å². The third kappa shape index (κ3) is 43.6. The van der Waals surface area contributed by atoms with Crippen LogP contribution in [0.2, 0.25) is 0 Å². The number of hydrogen-bond acceptors (Lipinski definition) is 12. The van der Waals surface area contributed by atoms with Gasteiger partial charge in [-0.2, -0.15) is 11.8 Å². The Labute approximate surface area is 436 Å². The number of carboxylic acid groups (broad SMARTS) is 3. The van der Waals surface area contributed by atoms with Gasteiger partial charge in [-0.25, -0.2) is 4.79 Å². The van der Waals surface area contributed by atoms with Crippen molar-refractivity contribution >= 4 is 59.3 Å². The molecule has 3 amide bonds. The Bertz CT molecular complexity index is 1470. The number of hydrogen-bond donors (Lipinski definition) is 7. The quantitative estimate of drug-likeness (QED) is 0.0169. The van der Waals surface area contributed by atoms with Crippen molar-refractivity contribution in [1.82, 2.24) is 16.0 Å². The Morgan fingerprint density at radius 3 is 1.24 bits per heavy atom. The molecule has 17 nitrogen and oxygen atoms in total. The van der Waals surface area contributed by atoms with E-state index in [2.05, 4.69) is 29.8 Å². The van der Waals surface area contributed by atoms with Gasteiger partial charge in [-0.1, -0.05) is 194 Å². The fraction of sp³-hybridized carbons (Fsp3) is 0.852. The number of esters is 2. The summed E-state index contributed by atoms with van der Waals surface area (Å²) in [7, 11) is 0. The summed E-state index contributed by atoms with van der Waals surface area (Å²) < 4.78 is 11.3. The lowest BCUT2D eigenvalue weighted by molar-refractivity contribution is -0.157. The van der Waals surface area contributed by atoms with Crippen molar-refractivity contribution in [3.63, 3.8) is 0 Å². The molecule has 418 valence electrons. The van der Waals surface area contributed by atoms with Gasteiger partial charge in [0.2, 0.25) is 11.8 Å². The van der Waals surface area contributed by atoms with E-state index in [9.17, 15) is 43.5 Å². The number of unbranched alkanes of at least 4 members (excludes halogenated alkanes) is 28. The Hall–Kier alpha value is -3.93. The maximum Gasteiger partial charge on any atom is 0.326 e. The number of nitrogens with one attached hydrogen (secondary N) is 3. The number of ether oxygens (including phenoxy) is 2. The molecule has 0 heterocycles. The van der Waals surface area contributed by atoms with Crippen LogP contribution in [0.15, 0.2) is 0 Å². The van der Waals surface area contributed by atoms with Gasteiger partial charge in [0, 0.05) is 43.6 Å². The zero-order chi connectivity index (χ0) is 53.5. The molecule has 0 fully saturated rings. The summed E-state index contributed by atoms with van der Waals surface area (Å²) in [6, 6.07) is -3.18. The van der Waals surface area contributed by atoms with E-state index in [4.69, 9.17) is 25.4 Å². The first-order valence-electron chi connectivity index (χ1n) is 27.9. The van der Waals surface area contributed by atoms with Crippen molar-refractivity contribution in [3.8, 4) is 0 Å². The van der Waals surface area contributed by atoms with Crippen molar-refractivity contribution in [2.45, 2.75) is 276 Å². The van der Waals surface area contributed by atoms with E-state index in [1.54, 1.807) is 0 Å². The lowest BCUT2D eigenvalue weighted by Gasteiger charge is -2.22. The van der Waals surface area contributed by atoms with E-state index >= 15 is 0 Å². The zero-order valence-corrected chi connectivity index (χ0v) is 45.3. The number of carbonyl (C=O) groups excluding carboxylic acids is 5. The normalized spacial score (nSPS) is 12.8. The van der Waals surface area contributed by atoms with Crippen LogP contribution in [0.1, 0.15) is 251 Å². The summed E-state index contributed by atoms with van der Waals surface area (Å²) in [4.78, 5) is 97.9. The molecule has 0 aliphatic rings. The average Bonchev–Trinajstić information content (AvgIpc) is 3.34. The predicted molar refractivity (Wildman–Crippen MR) is 283 cm³/mol. The minimum Gasteiger partial charge on any atom is -0.481 e. The summed E-state index contributed by atoms with van der Waals surface area (Å²) in [5, 5.41) is 34.1. The van der Waals surface area contributed by atoms with Crippen LogP contribution >= 0.6 is 11.8 Å². The first-order chi connectivity index (χ1) is 34.7. The van der Waals surface area contributed by atoms with Crippen LogP contribution in [-0.2, 0) is 47.8 Å². The smallest absolute Gasteiger partial charge is 0.326 e. The van der Waals surface area contributed by atoms with Crippen LogP contribution < -0.4 is 21.7 Å². The number of aliphatic carboxylic acids is 3. The molecule has 0 bridgehead atoms. The topological polar surface area (TPSA) is 278 Å². The van der Waals surface area contributed by atoms with Gasteiger partial charge in [0.25, 0.3) is 5.91 Å². The molecule has 8 N–H and O–H groups in total. The molecular weight excluding hydrogens is 945 g/mol. The molecule has 4 atom stereocenters. The van der Waals surface area contributed by atoms with Crippen LogP contribution in [0.5, 0.6) is 0 Å². The summed E-state index contributed by atoms with van der Waals surface area (Å²) >= 11 is 1.28. The van der Waals surface area contributed by atoms with Crippen molar-refractivity contribution in [1.29, 1.82) is 0 Å². The summed E-state index contributed by atoms with van der Waals surface area (Å²) in [5.41, 5.74) is 5.88. The lowest BCUT2D eigenvalue weighted by atomic mass is 10.0. The number of nitrogens with two attached hydrogens (primary N) is 1. The monoisotopic (exact) mass is 1040 g/mol. The molecule has 0 rings (SSSR count). The minimum absolute atomic E-state index is 0.114. The zero-order valence-electron chi connectivity index (χ0n) is 44.5. The van der Waals surface area contributed by atoms with E-state index < -0.39 is 85.7 Å². The Morgan fingerprint density at radius 1 is 0.458 bits per heavy atom. The molecule has 0 spiro atoms. The molecular formula is C54H98N4O13S. The highest BCUT2D eigenvalue weighted by molar-refractivity contribution is 7.99. The predicted octanol–water partition coefficient (Wildman–Crippen LogP) is 10.3. The highest BCUT2D eigenvalue weighted by atomic mass is 32.2.